The van der Waals surface area contributed by atoms with Crippen molar-refractivity contribution in [1.29, 1.82) is 0 Å². The molecule has 2 heterocycles. The van der Waals surface area contributed by atoms with E-state index in [1.54, 1.807) is 0 Å². The lowest BCUT2D eigenvalue weighted by atomic mass is 10.1. The molecule has 2 fully saturated rings. The van der Waals surface area contributed by atoms with Crippen LogP contribution in [0.25, 0.3) is 0 Å². The van der Waals surface area contributed by atoms with Gasteiger partial charge in [-0.1, -0.05) is 0 Å². The average molecular weight is 598 g/mol. The van der Waals surface area contributed by atoms with E-state index in [0.29, 0.717) is 0 Å². The fraction of sp³-hybridized carbons (Fsp3) is 0.857. The summed E-state index contributed by atoms with van der Waals surface area (Å²) in [5, 5.41) is -18.7. The maximum atomic E-state index is 13.9. The van der Waals surface area contributed by atoms with Gasteiger partial charge in [-0.15, -0.1) is 23.5 Å². The number of nitrogens with zero attached hydrogens (tertiary/aromatic N) is 2. The van der Waals surface area contributed by atoms with E-state index in [-0.39, 0.29) is 33.3 Å². The Morgan fingerprint density at radius 1 is 0.656 bits per heavy atom. The van der Waals surface area contributed by atoms with Gasteiger partial charge in [0.25, 0.3) is 0 Å². The van der Waals surface area contributed by atoms with Crippen molar-refractivity contribution in [2.75, 3.05) is 24.6 Å². The fourth-order valence-electron chi connectivity index (χ4n) is 3.36. The Labute approximate surface area is 204 Å². The van der Waals surface area contributed by atoms with Crippen LogP contribution in [0.3, 0.4) is 0 Å². The van der Waals surface area contributed by atoms with Gasteiger partial charge in [0.15, 0.2) is 0 Å². The van der Waals surface area contributed by atoms with Crippen LogP contribution in [0.2, 0.25) is 0 Å². The van der Waals surface area contributed by atoms with E-state index in [2.05, 4.69) is 0 Å². The summed E-state index contributed by atoms with van der Waals surface area (Å²) < 4.78 is 111. The number of hydrogen-bond donors (Lipinski definition) is 0. The molecule has 32 heavy (non-hydrogen) atoms. The third-order valence-electron chi connectivity index (χ3n) is 4.72. The molecule has 2 aliphatic rings. The normalized spacial score (nSPS) is 22.2. The maximum Gasteiger partial charge on any atom is 0.361 e. The van der Waals surface area contributed by atoms with Crippen LogP contribution in [-0.4, -0.2) is 77.5 Å². The van der Waals surface area contributed by atoms with Crippen LogP contribution in [0.15, 0.2) is 0 Å². The van der Waals surface area contributed by atoms with Crippen molar-refractivity contribution in [1.82, 2.24) is 9.80 Å². The Bertz CT molecular complexity index is 667. The molecule has 4 nitrogen and oxygen atoms in total. The standard InChI is InChI=1S/C14H12Cl4F8N2O2S2/c15-11(19,20)9(12(16,21)22)27(7(29)5-31-9)3-1-2-4-28-8(30)6-32-10(28,13(17,23)24)14(18,25)26/h1-6H2. The van der Waals surface area contributed by atoms with E-state index in [9.17, 15) is 44.7 Å². The molecule has 0 N–H and O–H groups in total. The number of carbonyl (C=O) groups is 2. The highest BCUT2D eigenvalue weighted by Crippen LogP contribution is 2.60. The Hall–Kier alpha value is 0.240. The molecule has 2 amide bonds. The van der Waals surface area contributed by atoms with Gasteiger partial charge in [0, 0.05) is 13.1 Å². The molecular weight excluding hydrogens is 586 g/mol. The highest BCUT2D eigenvalue weighted by atomic mass is 35.5. The van der Waals surface area contributed by atoms with Crippen LogP contribution in [0, 0.1) is 0 Å². The minimum atomic E-state index is -4.67. The molecule has 0 aromatic heterocycles. The first-order chi connectivity index (χ1) is 14.2. The van der Waals surface area contributed by atoms with E-state index >= 15 is 0 Å². The Kier molecular flexibility index (Phi) is 8.04. The van der Waals surface area contributed by atoms with Crippen molar-refractivity contribution >= 4 is 81.7 Å². The van der Waals surface area contributed by atoms with Gasteiger partial charge >= 0.3 is 21.5 Å². The molecule has 0 aromatic rings. The summed E-state index contributed by atoms with van der Waals surface area (Å²) in [6.45, 7) is -1.62. The SMILES string of the molecule is O=C1CSC(C(F)(F)Cl)(C(F)(F)Cl)N1CCCCN1C(=O)CSC1(C(F)(F)Cl)C(F)(F)Cl. The number of rotatable bonds is 9. The van der Waals surface area contributed by atoms with Crippen LogP contribution in [0.4, 0.5) is 35.1 Å². The molecule has 0 aromatic carbocycles. The summed E-state index contributed by atoms with van der Waals surface area (Å²) in [6.07, 6.45) is -0.888. The van der Waals surface area contributed by atoms with E-state index in [0.717, 1.165) is 0 Å². The number of carbonyl (C=O) groups excluding carboxylic acids is 2. The predicted octanol–water partition coefficient (Wildman–Crippen LogP) is 5.64. The molecular formula is C14H12Cl4F8N2O2S2. The highest BCUT2D eigenvalue weighted by Gasteiger charge is 2.76. The number of hydrogen-bond acceptors (Lipinski definition) is 4. The second kappa shape index (κ2) is 9.03. The maximum absolute atomic E-state index is 13.9. The molecule has 0 saturated carbocycles. The van der Waals surface area contributed by atoms with E-state index in [1.807, 2.05) is 0 Å². The van der Waals surface area contributed by atoms with Crippen molar-refractivity contribution in [3.05, 3.63) is 0 Å². The highest BCUT2D eigenvalue weighted by molar-refractivity contribution is 8.02. The van der Waals surface area contributed by atoms with Gasteiger partial charge in [0.05, 0.1) is 11.5 Å². The quantitative estimate of drug-likeness (QED) is 0.196. The summed E-state index contributed by atoms with van der Waals surface area (Å²) in [4.78, 5) is 16.8. The molecule has 0 spiro atoms. The van der Waals surface area contributed by atoms with Gasteiger partial charge in [-0.05, 0) is 59.2 Å². The molecule has 2 saturated heterocycles. The van der Waals surface area contributed by atoms with Crippen LogP contribution < -0.4 is 0 Å². The summed E-state index contributed by atoms with van der Waals surface area (Å²) in [7, 11) is 0. The van der Waals surface area contributed by atoms with E-state index in [1.165, 1.54) is 0 Å². The van der Waals surface area contributed by atoms with Gasteiger partial charge in [-0.2, -0.15) is 35.1 Å². The lowest BCUT2D eigenvalue weighted by Crippen LogP contribution is -2.63. The van der Waals surface area contributed by atoms with E-state index < -0.39 is 80.5 Å². The number of unbranched alkanes of at least 4 members (excludes halogenated alkanes) is 1. The van der Waals surface area contributed by atoms with Crippen LogP contribution >= 0.6 is 69.9 Å². The average Bonchev–Trinajstić information content (AvgIpc) is 3.09. The fourth-order valence-corrected chi connectivity index (χ4v) is 7.32. The smallest absolute Gasteiger partial charge is 0.314 e. The van der Waals surface area contributed by atoms with Crippen molar-refractivity contribution in [3.63, 3.8) is 0 Å². The lowest BCUT2D eigenvalue weighted by Gasteiger charge is -2.43. The third kappa shape index (κ3) is 4.57. The number of thioether (sulfide) groups is 2. The number of amides is 2. The molecule has 186 valence electrons. The van der Waals surface area contributed by atoms with Gasteiger partial charge in [0.2, 0.25) is 21.6 Å². The Balaban J connectivity index is 2.19. The first kappa shape index (κ1) is 28.5. The molecule has 0 aliphatic carbocycles. The molecule has 0 bridgehead atoms. The van der Waals surface area contributed by atoms with Crippen LogP contribution in [0.1, 0.15) is 12.8 Å². The summed E-state index contributed by atoms with van der Waals surface area (Å²) >= 11 is 19.0. The van der Waals surface area contributed by atoms with Crippen LogP contribution in [0.5, 0.6) is 0 Å². The zero-order valence-corrected chi connectivity index (χ0v) is 20.0. The minimum Gasteiger partial charge on any atom is -0.314 e. The number of halogens is 12. The van der Waals surface area contributed by atoms with Crippen molar-refractivity contribution in [2.45, 2.75) is 44.1 Å². The van der Waals surface area contributed by atoms with Crippen LogP contribution in [-0.2, 0) is 9.59 Å². The van der Waals surface area contributed by atoms with Gasteiger partial charge in [-0.25, -0.2) is 0 Å². The summed E-state index contributed by atoms with van der Waals surface area (Å²) in [5.74, 6) is -3.91. The van der Waals surface area contributed by atoms with E-state index in [4.69, 9.17) is 46.4 Å². The zero-order chi connectivity index (χ0) is 25.0. The predicted molar refractivity (Wildman–Crippen MR) is 106 cm³/mol. The number of alkyl halides is 12. The first-order valence-corrected chi connectivity index (χ1v) is 11.9. The lowest BCUT2D eigenvalue weighted by molar-refractivity contribution is -0.157. The first-order valence-electron chi connectivity index (χ1n) is 8.40. The Morgan fingerprint density at radius 3 is 1.12 bits per heavy atom. The minimum absolute atomic E-state index is 0.0534. The van der Waals surface area contributed by atoms with Gasteiger partial charge < -0.3 is 9.80 Å². The Morgan fingerprint density at radius 2 is 0.906 bits per heavy atom. The largest absolute Gasteiger partial charge is 0.361 e. The molecule has 0 radical (unpaired) electrons. The van der Waals surface area contributed by atoms with Crippen molar-refractivity contribution < 1.29 is 44.7 Å². The van der Waals surface area contributed by atoms with Crippen molar-refractivity contribution in [2.24, 2.45) is 0 Å². The summed E-state index contributed by atoms with van der Waals surface area (Å²) in [6, 6.07) is 0. The topological polar surface area (TPSA) is 40.6 Å². The monoisotopic (exact) mass is 596 g/mol. The summed E-state index contributed by atoms with van der Waals surface area (Å²) in [5.41, 5.74) is 0. The molecule has 0 atom stereocenters. The zero-order valence-electron chi connectivity index (χ0n) is 15.3. The third-order valence-corrected chi connectivity index (χ3v) is 9.35. The van der Waals surface area contributed by atoms with Crippen molar-refractivity contribution in [3.8, 4) is 0 Å². The van der Waals surface area contributed by atoms with Gasteiger partial charge in [-0.3, -0.25) is 9.59 Å². The molecule has 2 rings (SSSR count). The van der Waals surface area contributed by atoms with Gasteiger partial charge in [0.1, 0.15) is 0 Å². The second-order valence-corrected chi connectivity index (χ2v) is 10.9. The second-order valence-electron chi connectivity index (χ2n) is 6.65. The molecule has 2 aliphatic heterocycles. The molecule has 0 unspecified atom stereocenters. The molecule has 18 heteroatoms.